The summed E-state index contributed by atoms with van der Waals surface area (Å²) in [4.78, 5) is 49.5. The van der Waals surface area contributed by atoms with E-state index in [-0.39, 0.29) is 17.0 Å². The third-order valence-electron chi connectivity index (χ3n) is 4.82. The molecule has 4 rings (SSSR count). The van der Waals surface area contributed by atoms with E-state index < -0.39 is 35.2 Å². The van der Waals surface area contributed by atoms with Crippen LogP contribution in [0.4, 0.5) is 0 Å². The van der Waals surface area contributed by atoms with E-state index in [1.54, 1.807) is 18.5 Å². The molecule has 2 atom stereocenters. The highest BCUT2D eigenvalue weighted by Crippen LogP contribution is 2.41. The predicted molar refractivity (Wildman–Crippen MR) is 114 cm³/mol. The van der Waals surface area contributed by atoms with Crippen molar-refractivity contribution < 1.29 is 29.4 Å². The van der Waals surface area contributed by atoms with Gasteiger partial charge >= 0.3 is 11.9 Å². The number of rotatable bonds is 8. The Morgan fingerprint density at radius 3 is 2.75 bits per heavy atom. The Kier molecular flexibility index (Phi) is 6.21. The molecule has 12 nitrogen and oxygen atoms in total. The molecule has 168 valence electrons. The zero-order chi connectivity index (χ0) is 23.0. The number of carboxylic acids is 2. The van der Waals surface area contributed by atoms with Crippen LogP contribution in [0, 0.1) is 0 Å². The van der Waals surface area contributed by atoms with Gasteiger partial charge in [0.05, 0.1) is 6.42 Å². The lowest BCUT2D eigenvalue weighted by molar-refractivity contribution is -0.150. The molecule has 2 aliphatic heterocycles. The Labute approximate surface area is 193 Å². The maximum absolute atomic E-state index is 12.7. The average Bonchev–Trinajstić information content (AvgIpc) is 3.38. The van der Waals surface area contributed by atoms with Crippen molar-refractivity contribution in [2.75, 3.05) is 11.5 Å². The molecule has 2 amide bonds. The maximum atomic E-state index is 12.7. The van der Waals surface area contributed by atoms with E-state index in [1.165, 1.54) is 33.1 Å². The number of β-lactam (4-membered cyclic amide) rings is 1. The quantitative estimate of drug-likeness (QED) is 0.333. The zero-order valence-corrected chi connectivity index (χ0v) is 18.9. The van der Waals surface area contributed by atoms with Crippen LogP contribution in [0.25, 0.3) is 0 Å². The van der Waals surface area contributed by atoms with Crippen molar-refractivity contribution in [3.63, 3.8) is 0 Å². The number of aromatic carboxylic acids is 1. The monoisotopic (exact) mass is 496 g/mol. The molecule has 2 aromatic heterocycles. The number of thiophene rings is 1. The van der Waals surface area contributed by atoms with Crippen LogP contribution in [0.1, 0.15) is 15.2 Å². The summed E-state index contributed by atoms with van der Waals surface area (Å²) in [5.41, 5.74) is 0.843. The van der Waals surface area contributed by atoms with E-state index in [2.05, 4.69) is 20.8 Å². The topological polar surface area (TPSA) is 168 Å². The lowest BCUT2D eigenvalue weighted by Crippen LogP contribution is -2.70. The van der Waals surface area contributed by atoms with Crippen LogP contribution in [0.5, 0.6) is 0 Å². The summed E-state index contributed by atoms with van der Waals surface area (Å²) in [5.74, 6) is -2.68. The SMILES string of the molecule is Cn1nnnc1SCC1=C(C(=O)O)N2C(=O)C(NC(=O)Cc3ccsc3C(=O)O)[C@@H]2SC1. The number of fused-ring (bicyclic) bond motifs is 1. The van der Waals surface area contributed by atoms with Gasteiger partial charge in [-0.3, -0.25) is 14.5 Å². The Balaban J connectivity index is 1.44. The molecule has 3 N–H and O–H groups in total. The molecule has 0 spiro atoms. The third kappa shape index (κ3) is 4.10. The molecular weight excluding hydrogens is 480 g/mol. The second-order valence-electron chi connectivity index (χ2n) is 6.84. The first-order chi connectivity index (χ1) is 15.3. The summed E-state index contributed by atoms with van der Waals surface area (Å²) in [6.07, 6.45) is -0.179. The molecule has 1 saturated heterocycles. The molecule has 15 heteroatoms. The van der Waals surface area contributed by atoms with Gasteiger partial charge in [-0.15, -0.1) is 28.2 Å². The summed E-state index contributed by atoms with van der Waals surface area (Å²) in [7, 11) is 1.67. The number of nitrogens with zero attached hydrogens (tertiary/aromatic N) is 5. The maximum Gasteiger partial charge on any atom is 0.352 e. The minimum Gasteiger partial charge on any atom is -0.477 e. The fourth-order valence-corrected chi connectivity index (χ4v) is 6.45. The summed E-state index contributed by atoms with van der Waals surface area (Å²) in [5, 5.41) is 34.2. The lowest BCUT2D eigenvalue weighted by atomic mass is 10.0. The molecular formula is C17H16N6O6S3. The predicted octanol–water partition coefficient (Wildman–Crippen LogP) is 0.0432. The molecule has 4 heterocycles. The molecule has 32 heavy (non-hydrogen) atoms. The van der Waals surface area contributed by atoms with Crippen molar-refractivity contribution in [2.24, 2.45) is 7.05 Å². The van der Waals surface area contributed by atoms with E-state index in [9.17, 15) is 24.3 Å². The molecule has 0 radical (unpaired) electrons. The number of carbonyl (C=O) groups is 4. The van der Waals surface area contributed by atoms with Crippen LogP contribution in [-0.4, -0.2) is 82.0 Å². The molecule has 2 aromatic rings. The normalized spacial score (nSPS) is 20.0. The van der Waals surface area contributed by atoms with Gasteiger partial charge in [0, 0.05) is 18.6 Å². The number of thioether (sulfide) groups is 2. The van der Waals surface area contributed by atoms with E-state index in [0.29, 0.717) is 27.8 Å². The second-order valence-corrected chi connectivity index (χ2v) is 9.81. The van der Waals surface area contributed by atoms with E-state index in [4.69, 9.17) is 5.11 Å². The standard InChI is InChI=1S/C17H16N6O6S3/c1-22-17(19-20-21-22)32-6-8-5-31-14-10(13(25)23(14)11(8)15(26)27)18-9(24)4-7-2-3-30-12(7)16(28)29/h2-3,10,14H,4-6H2,1H3,(H,18,24)(H,26,27)(H,28,29)/t10?,14-/m0/s1. The van der Waals surface area contributed by atoms with Crippen LogP contribution < -0.4 is 5.32 Å². The smallest absolute Gasteiger partial charge is 0.352 e. The van der Waals surface area contributed by atoms with E-state index in [0.717, 1.165) is 11.3 Å². The first-order valence-electron chi connectivity index (χ1n) is 9.12. The van der Waals surface area contributed by atoms with Gasteiger partial charge in [-0.1, -0.05) is 11.8 Å². The van der Waals surface area contributed by atoms with Crippen LogP contribution in [0.15, 0.2) is 27.9 Å². The second kappa shape index (κ2) is 8.91. The fraction of sp³-hybridized carbons (Fsp3) is 0.353. The molecule has 2 aliphatic rings. The van der Waals surface area contributed by atoms with Gasteiger partial charge in [-0.25, -0.2) is 14.3 Å². The van der Waals surface area contributed by atoms with Crippen LogP contribution in [-0.2, 0) is 27.9 Å². The first kappa shape index (κ1) is 22.3. The molecule has 0 aromatic carbocycles. The van der Waals surface area contributed by atoms with E-state index in [1.807, 2.05) is 0 Å². The van der Waals surface area contributed by atoms with Crippen molar-refractivity contribution in [3.8, 4) is 0 Å². The number of aromatic nitrogens is 4. The highest BCUT2D eigenvalue weighted by atomic mass is 32.2. The van der Waals surface area contributed by atoms with Crippen molar-refractivity contribution in [3.05, 3.63) is 33.2 Å². The van der Waals surface area contributed by atoms with Gasteiger partial charge in [0.25, 0.3) is 5.91 Å². The summed E-state index contributed by atoms with van der Waals surface area (Å²) in [6.45, 7) is 0. The summed E-state index contributed by atoms with van der Waals surface area (Å²) in [6, 6.07) is 0.686. The van der Waals surface area contributed by atoms with Gasteiger partial charge in [0.2, 0.25) is 11.1 Å². The van der Waals surface area contributed by atoms with Crippen LogP contribution >= 0.6 is 34.9 Å². The third-order valence-corrected chi connectivity index (χ3v) is 8.20. The number of amides is 2. The molecule has 1 unspecified atom stereocenters. The zero-order valence-electron chi connectivity index (χ0n) is 16.4. The van der Waals surface area contributed by atoms with Gasteiger partial charge in [0.1, 0.15) is 22.0 Å². The van der Waals surface area contributed by atoms with Crippen LogP contribution in [0.3, 0.4) is 0 Å². The van der Waals surface area contributed by atoms with Gasteiger partial charge in [0.15, 0.2) is 0 Å². The molecule has 0 aliphatic carbocycles. The van der Waals surface area contributed by atoms with E-state index >= 15 is 0 Å². The number of aryl methyl sites for hydroxylation is 1. The van der Waals surface area contributed by atoms with Crippen molar-refractivity contribution in [1.82, 2.24) is 30.4 Å². The number of hydrogen-bond donors (Lipinski definition) is 3. The number of carboxylic acid groups (broad SMARTS) is 2. The number of hydrogen-bond acceptors (Lipinski definition) is 10. The number of tetrazole rings is 1. The first-order valence-corrected chi connectivity index (χ1v) is 12.0. The molecule has 1 fully saturated rings. The van der Waals surface area contributed by atoms with Crippen molar-refractivity contribution in [2.45, 2.75) is 23.0 Å². The summed E-state index contributed by atoms with van der Waals surface area (Å²) >= 11 is 3.64. The Hall–Kier alpha value is -2.91. The largest absolute Gasteiger partial charge is 0.477 e. The molecule has 0 saturated carbocycles. The number of aliphatic carboxylic acids is 1. The fourth-order valence-electron chi connectivity index (χ4n) is 3.35. The van der Waals surface area contributed by atoms with Gasteiger partial charge < -0.3 is 15.5 Å². The minimum absolute atomic E-state index is 0.0742. The average molecular weight is 497 g/mol. The van der Waals surface area contributed by atoms with Gasteiger partial charge in [-0.2, -0.15) is 0 Å². The Morgan fingerprint density at radius 1 is 1.31 bits per heavy atom. The van der Waals surface area contributed by atoms with Crippen molar-refractivity contribution >= 4 is 58.6 Å². The lowest BCUT2D eigenvalue weighted by Gasteiger charge is -2.49. The Bertz CT molecular complexity index is 1140. The number of nitrogens with one attached hydrogen (secondary N) is 1. The number of carbonyl (C=O) groups excluding carboxylic acids is 2. The minimum atomic E-state index is -1.22. The highest BCUT2D eigenvalue weighted by molar-refractivity contribution is 8.01. The Morgan fingerprint density at radius 2 is 2.09 bits per heavy atom. The van der Waals surface area contributed by atoms with Crippen molar-refractivity contribution in [1.29, 1.82) is 0 Å². The summed E-state index contributed by atoms with van der Waals surface area (Å²) < 4.78 is 1.47. The highest BCUT2D eigenvalue weighted by Gasteiger charge is 2.54. The van der Waals surface area contributed by atoms with Crippen LogP contribution in [0.2, 0.25) is 0 Å². The van der Waals surface area contributed by atoms with Gasteiger partial charge in [-0.05, 0) is 33.0 Å². The molecule has 0 bridgehead atoms.